The molecule has 3 rings (SSSR count). The van der Waals surface area contributed by atoms with Crippen molar-refractivity contribution in [3.63, 3.8) is 0 Å². The Hall–Kier alpha value is -1.69. The fourth-order valence-corrected chi connectivity index (χ4v) is 3.86. The zero-order valence-corrected chi connectivity index (χ0v) is 14.3. The summed E-state index contributed by atoms with van der Waals surface area (Å²) in [5.74, 6) is 1.31. The first-order valence-electron chi connectivity index (χ1n) is 9.25. The van der Waals surface area contributed by atoms with E-state index in [1.54, 1.807) is 6.07 Å². The van der Waals surface area contributed by atoms with Crippen LogP contribution in [0.4, 0.5) is 5.82 Å². The smallest absolute Gasteiger partial charge is 0.271 e. The summed E-state index contributed by atoms with van der Waals surface area (Å²) in [5.41, 5.74) is 0.346. The number of carbonyl (C=O) groups is 1. The van der Waals surface area contributed by atoms with Crippen molar-refractivity contribution in [1.29, 1.82) is 0 Å². The van der Waals surface area contributed by atoms with Gasteiger partial charge in [0.1, 0.15) is 0 Å². The Balaban J connectivity index is 1.52. The first-order valence-corrected chi connectivity index (χ1v) is 9.25. The third-order valence-electron chi connectivity index (χ3n) is 5.39. The van der Waals surface area contributed by atoms with Crippen molar-refractivity contribution < 1.29 is 9.90 Å². The highest BCUT2D eigenvalue weighted by atomic mass is 16.3. The Morgan fingerprint density at radius 3 is 2.54 bits per heavy atom. The maximum absolute atomic E-state index is 12.3. The number of hydrogen-bond donors (Lipinski definition) is 2. The van der Waals surface area contributed by atoms with E-state index in [0.717, 1.165) is 31.7 Å². The van der Waals surface area contributed by atoms with Crippen molar-refractivity contribution in [1.82, 2.24) is 15.5 Å². The molecule has 1 amide bonds. The predicted octanol–water partition coefficient (Wildman–Crippen LogP) is 2.00. The Kier molecular flexibility index (Phi) is 6.01. The van der Waals surface area contributed by atoms with Crippen LogP contribution in [-0.4, -0.2) is 47.5 Å². The molecule has 1 atom stereocenters. The van der Waals surface area contributed by atoms with E-state index >= 15 is 0 Å². The van der Waals surface area contributed by atoms with Gasteiger partial charge in [0.05, 0.1) is 0 Å². The van der Waals surface area contributed by atoms with Crippen molar-refractivity contribution in [2.24, 2.45) is 11.8 Å². The topological polar surface area (TPSA) is 78.4 Å². The van der Waals surface area contributed by atoms with Crippen LogP contribution in [0, 0.1) is 11.8 Å². The lowest BCUT2D eigenvalue weighted by Gasteiger charge is -2.29. The number of aliphatic hydroxyl groups excluding tert-OH is 1. The molecule has 1 saturated carbocycles. The first kappa shape index (κ1) is 17.1. The van der Waals surface area contributed by atoms with Crippen molar-refractivity contribution >= 4 is 11.7 Å². The van der Waals surface area contributed by atoms with Crippen LogP contribution in [0.25, 0.3) is 0 Å². The molecule has 6 nitrogen and oxygen atoms in total. The predicted molar refractivity (Wildman–Crippen MR) is 93.0 cm³/mol. The third kappa shape index (κ3) is 4.23. The maximum Gasteiger partial charge on any atom is 0.271 e. The summed E-state index contributed by atoms with van der Waals surface area (Å²) in [6.07, 6.45) is 8.45. The van der Waals surface area contributed by atoms with E-state index in [1.807, 2.05) is 6.07 Å². The number of rotatable bonds is 6. The van der Waals surface area contributed by atoms with E-state index in [9.17, 15) is 9.90 Å². The fourth-order valence-electron chi connectivity index (χ4n) is 3.86. The number of hydrogen-bond acceptors (Lipinski definition) is 5. The molecule has 2 fully saturated rings. The van der Waals surface area contributed by atoms with E-state index in [-0.39, 0.29) is 18.4 Å². The first-order chi connectivity index (χ1) is 11.8. The molecule has 1 aliphatic heterocycles. The molecule has 0 aromatic carbocycles. The molecule has 0 bridgehead atoms. The monoisotopic (exact) mass is 332 g/mol. The largest absolute Gasteiger partial charge is 0.396 e. The molecular formula is C18H28N4O2. The highest BCUT2D eigenvalue weighted by Gasteiger charge is 2.24. The van der Waals surface area contributed by atoms with Crippen molar-refractivity contribution in [3.8, 4) is 0 Å². The number of nitrogens with one attached hydrogen (secondary N) is 1. The van der Waals surface area contributed by atoms with Crippen LogP contribution >= 0.6 is 0 Å². The minimum absolute atomic E-state index is 0.129. The third-order valence-corrected chi connectivity index (χ3v) is 5.39. The fraction of sp³-hybridized carbons (Fsp3) is 0.722. The molecule has 24 heavy (non-hydrogen) atoms. The molecule has 2 aliphatic rings. The van der Waals surface area contributed by atoms with Crippen LogP contribution in [0.5, 0.6) is 0 Å². The second-order valence-corrected chi connectivity index (χ2v) is 7.02. The summed E-state index contributed by atoms with van der Waals surface area (Å²) in [6, 6.07) is 3.61. The standard InChI is InChI=1S/C18H28N4O2/c23-13-15(14-6-2-1-3-7-14)12-19-18(24)16-8-9-17(21-20-16)22-10-4-5-11-22/h8-9,14-15,23H,1-7,10-13H2,(H,19,24). The van der Waals surface area contributed by atoms with Gasteiger partial charge in [0, 0.05) is 32.2 Å². The van der Waals surface area contributed by atoms with Crippen molar-refractivity contribution in [3.05, 3.63) is 17.8 Å². The Labute approximate surface area is 143 Å². The van der Waals surface area contributed by atoms with Crippen LogP contribution in [0.3, 0.4) is 0 Å². The van der Waals surface area contributed by atoms with Gasteiger partial charge in [-0.05, 0) is 30.9 Å². The van der Waals surface area contributed by atoms with Gasteiger partial charge in [0.2, 0.25) is 0 Å². The van der Waals surface area contributed by atoms with E-state index in [1.165, 1.54) is 32.1 Å². The van der Waals surface area contributed by atoms with Crippen LogP contribution in [-0.2, 0) is 0 Å². The molecule has 0 radical (unpaired) electrons. The van der Waals surface area contributed by atoms with Gasteiger partial charge in [0.25, 0.3) is 5.91 Å². The van der Waals surface area contributed by atoms with E-state index < -0.39 is 0 Å². The molecule has 0 spiro atoms. The van der Waals surface area contributed by atoms with Crippen molar-refractivity contribution in [2.75, 3.05) is 31.1 Å². The van der Waals surface area contributed by atoms with Gasteiger partial charge in [-0.1, -0.05) is 32.1 Å². The Morgan fingerprint density at radius 1 is 1.17 bits per heavy atom. The molecule has 1 aromatic heterocycles. The molecule has 1 aromatic rings. The summed E-state index contributed by atoms with van der Waals surface area (Å²) in [4.78, 5) is 14.5. The van der Waals surface area contributed by atoms with Crippen LogP contribution in [0.15, 0.2) is 12.1 Å². The maximum atomic E-state index is 12.3. The molecule has 2 heterocycles. The SMILES string of the molecule is O=C(NCC(CO)C1CCCCC1)c1ccc(N2CCCC2)nn1. The van der Waals surface area contributed by atoms with Gasteiger partial charge in [-0.15, -0.1) is 10.2 Å². The quantitative estimate of drug-likeness (QED) is 0.833. The Bertz CT molecular complexity index is 522. The van der Waals surface area contributed by atoms with Crippen LogP contribution in [0.2, 0.25) is 0 Å². The van der Waals surface area contributed by atoms with Crippen LogP contribution in [0.1, 0.15) is 55.4 Å². The van der Waals surface area contributed by atoms with Gasteiger partial charge < -0.3 is 15.3 Å². The van der Waals surface area contributed by atoms with E-state index in [2.05, 4.69) is 20.4 Å². The lowest BCUT2D eigenvalue weighted by molar-refractivity contribution is 0.0908. The summed E-state index contributed by atoms with van der Waals surface area (Å²) < 4.78 is 0. The number of anilines is 1. The van der Waals surface area contributed by atoms with E-state index in [4.69, 9.17) is 0 Å². The molecule has 1 saturated heterocycles. The number of aliphatic hydroxyl groups is 1. The van der Waals surface area contributed by atoms with Gasteiger partial charge >= 0.3 is 0 Å². The van der Waals surface area contributed by atoms with Gasteiger partial charge in [0.15, 0.2) is 11.5 Å². The zero-order valence-electron chi connectivity index (χ0n) is 14.3. The second kappa shape index (κ2) is 8.42. The molecule has 6 heteroatoms. The van der Waals surface area contributed by atoms with Crippen molar-refractivity contribution in [2.45, 2.75) is 44.9 Å². The minimum atomic E-state index is -0.204. The molecule has 2 N–H and O–H groups in total. The summed E-state index contributed by atoms with van der Waals surface area (Å²) in [7, 11) is 0. The highest BCUT2D eigenvalue weighted by Crippen LogP contribution is 2.29. The number of amides is 1. The van der Waals surface area contributed by atoms with Gasteiger partial charge in [-0.3, -0.25) is 4.79 Å². The average molecular weight is 332 g/mol. The number of carbonyl (C=O) groups excluding carboxylic acids is 1. The van der Waals surface area contributed by atoms with Gasteiger partial charge in [-0.2, -0.15) is 0 Å². The number of nitrogens with zero attached hydrogens (tertiary/aromatic N) is 3. The molecule has 132 valence electrons. The summed E-state index contributed by atoms with van der Waals surface area (Å²) >= 11 is 0. The summed E-state index contributed by atoms with van der Waals surface area (Å²) in [5, 5.41) is 20.8. The van der Waals surface area contributed by atoms with Crippen LogP contribution < -0.4 is 10.2 Å². The normalized spacial score (nSPS) is 20.1. The molecule has 1 unspecified atom stereocenters. The molecule has 1 aliphatic carbocycles. The minimum Gasteiger partial charge on any atom is -0.396 e. The average Bonchev–Trinajstić information content (AvgIpc) is 3.18. The van der Waals surface area contributed by atoms with Gasteiger partial charge in [-0.25, -0.2) is 0 Å². The summed E-state index contributed by atoms with van der Waals surface area (Å²) in [6.45, 7) is 2.67. The highest BCUT2D eigenvalue weighted by molar-refractivity contribution is 5.92. The Morgan fingerprint density at radius 2 is 1.92 bits per heavy atom. The lowest BCUT2D eigenvalue weighted by Crippen LogP contribution is -2.35. The molecular weight excluding hydrogens is 304 g/mol. The second-order valence-electron chi connectivity index (χ2n) is 7.02. The van der Waals surface area contributed by atoms with E-state index in [0.29, 0.717) is 18.2 Å². The number of aromatic nitrogens is 2. The lowest BCUT2D eigenvalue weighted by atomic mass is 9.80. The zero-order chi connectivity index (χ0) is 16.8.